The highest BCUT2D eigenvalue weighted by molar-refractivity contribution is 5.96. The number of allylic oxidation sites excluding steroid dienone is 1. The van der Waals surface area contributed by atoms with Crippen LogP contribution in [0.3, 0.4) is 0 Å². The van der Waals surface area contributed by atoms with Crippen LogP contribution in [0, 0.1) is 0 Å². The zero-order chi connectivity index (χ0) is 21.1. The van der Waals surface area contributed by atoms with E-state index >= 15 is 0 Å². The van der Waals surface area contributed by atoms with Gasteiger partial charge in [0.25, 0.3) is 0 Å². The fourth-order valence-electron chi connectivity index (χ4n) is 3.89. The molecule has 0 saturated carbocycles. The predicted octanol–water partition coefficient (Wildman–Crippen LogP) is 5.01. The molecule has 2 heterocycles. The summed E-state index contributed by atoms with van der Waals surface area (Å²) in [5, 5.41) is 0.921. The smallest absolute Gasteiger partial charge is 0.421 e. The number of fused-ring (bicyclic) bond motifs is 3. The third kappa shape index (κ3) is 3.56. The number of aromatic nitrogens is 1. The number of nitrogens with zero attached hydrogens (tertiary/aromatic N) is 1. The van der Waals surface area contributed by atoms with Gasteiger partial charge in [0, 0.05) is 23.3 Å². The Hall–Kier alpha value is -3.54. The van der Waals surface area contributed by atoms with Crippen molar-refractivity contribution in [2.24, 2.45) is 0 Å². The van der Waals surface area contributed by atoms with Crippen molar-refractivity contribution >= 4 is 23.0 Å². The zero-order valence-electron chi connectivity index (χ0n) is 17.0. The van der Waals surface area contributed by atoms with Crippen LogP contribution in [0.4, 0.5) is 4.79 Å². The van der Waals surface area contributed by atoms with E-state index in [-0.39, 0.29) is 19.1 Å². The van der Waals surface area contributed by atoms with E-state index in [0.29, 0.717) is 23.6 Å². The summed E-state index contributed by atoms with van der Waals surface area (Å²) in [6, 6.07) is 17.6. The number of carbonyl (C=O) groups excluding carboxylic acids is 2. The maximum atomic E-state index is 12.8. The second-order valence-corrected chi connectivity index (χ2v) is 6.90. The summed E-state index contributed by atoms with van der Waals surface area (Å²) >= 11 is 0. The third-order valence-corrected chi connectivity index (χ3v) is 5.07. The molecule has 1 aromatic heterocycles. The summed E-state index contributed by atoms with van der Waals surface area (Å²) < 4.78 is 17.9. The Balaban J connectivity index is 1.94. The van der Waals surface area contributed by atoms with Crippen molar-refractivity contribution in [2.75, 3.05) is 13.2 Å². The van der Waals surface area contributed by atoms with Crippen molar-refractivity contribution in [1.29, 1.82) is 0 Å². The van der Waals surface area contributed by atoms with Crippen molar-refractivity contribution in [3.8, 4) is 5.88 Å². The van der Waals surface area contributed by atoms with Crippen molar-refractivity contribution in [3.63, 3.8) is 0 Å². The van der Waals surface area contributed by atoms with E-state index in [4.69, 9.17) is 14.2 Å². The van der Waals surface area contributed by atoms with Gasteiger partial charge in [-0.15, -0.1) is 0 Å². The van der Waals surface area contributed by atoms with Gasteiger partial charge in [0.05, 0.1) is 24.8 Å². The van der Waals surface area contributed by atoms with Crippen LogP contribution < -0.4 is 4.74 Å². The van der Waals surface area contributed by atoms with Crippen LogP contribution in [0.15, 0.2) is 66.4 Å². The molecular weight excluding hydrogens is 382 g/mol. The number of carbonyl (C=O) groups is 2. The Labute approximate surface area is 174 Å². The van der Waals surface area contributed by atoms with Gasteiger partial charge in [-0.3, -0.25) is 0 Å². The molecule has 30 heavy (non-hydrogen) atoms. The molecule has 1 atom stereocenters. The number of hydrogen-bond acceptors (Lipinski definition) is 5. The van der Waals surface area contributed by atoms with E-state index in [1.807, 2.05) is 54.6 Å². The number of esters is 1. The van der Waals surface area contributed by atoms with Crippen molar-refractivity contribution in [1.82, 2.24) is 4.57 Å². The third-order valence-electron chi connectivity index (χ3n) is 5.07. The molecule has 0 fully saturated rings. The number of ether oxygens (including phenoxy) is 3. The minimum Gasteiger partial charge on any atom is -0.463 e. The standard InChI is InChI=1S/C24H23NO5/c1-3-28-21(26)15-17-14-19(16-10-6-5-7-11-16)22-18-12-8-9-13-20(18)25(23(22)30-17)24(27)29-4-2/h5-13,15,19H,3-4,14H2,1-2H3/b17-15+/t19-/m0/s1. The summed E-state index contributed by atoms with van der Waals surface area (Å²) in [7, 11) is 0. The Kier molecular flexibility index (Phi) is 5.57. The molecule has 4 rings (SSSR count). The lowest BCUT2D eigenvalue weighted by molar-refractivity contribution is -0.137. The molecule has 6 nitrogen and oxygen atoms in total. The number of rotatable bonds is 4. The molecule has 0 spiro atoms. The maximum absolute atomic E-state index is 12.8. The van der Waals surface area contributed by atoms with Gasteiger partial charge >= 0.3 is 12.1 Å². The van der Waals surface area contributed by atoms with Crippen LogP contribution in [0.25, 0.3) is 10.9 Å². The molecule has 0 saturated heterocycles. The first-order chi connectivity index (χ1) is 14.6. The lowest BCUT2D eigenvalue weighted by Gasteiger charge is -2.26. The average molecular weight is 405 g/mol. The van der Waals surface area contributed by atoms with E-state index in [1.54, 1.807) is 13.8 Å². The fraction of sp³-hybridized carbons (Fsp3) is 0.250. The van der Waals surface area contributed by atoms with Crippen molar-refractivity contribution < 1.29 is 23.8 Å². The molecule has 3 aromatic rings. The van der Waals surface area contributed by atoms with Crippen LogP contribution >= 0.6 is 0 Å². The first-order valence-corrected chi connectivity index (χ1v) is 10.0. The highest BCUT2D eigenvalue weighted by Crippen LogP contribution is 2.47. The van der Waals surface area contributed by atoms with Crippen LogP contribution in [-0.4, -0.2) is 29.8 Å². The topological polar surface area (TPSA) is 66.8 Å². The summed E-state index contributed by atoms with van der Waals surface area (Å²) in [4.78, 5) is 24.9. The molecule has 0 amide bonds. The first kappa shape index (κ1) is 19.8. The lowest BCUT2D eigenvalue weighted by atomic mass is 9.86. The highest BCUT2D eigenvalue weighted by Gasteiger charge is 2.35. The van der Waals surface area contributed by atoms with Gasteiger partial charge < -0.3 is 14.2 Å². The minimum atomic E-state index is -0.515. The fourth-order valence-corrected chi connectivity index (χ4v) is 3.89. The van der Waals surface area contributed by atoms with Gasteiger partial charge in [-0.1, -0.05) is 48.5 Å². The second kappa shape index (κ2) is 8.45. The molecule has 0 bridgehead atoms. The summed E-state index contributed by atoms with van der Waals surface area (Å²) in [5.41, 5.74) is 2.69. The normalized spacial score (nSPS) is 16.7. The van der Waals surface area contributed by atoms with E-state index in [1.165, 1.54) is 10.6 Å². The maximum Gasteiger partial charge on any atom is 0.421 e. The SMILES string of the molecule is CCOC(=O)/C=C1\C[C@@H](c2ccccc2)c2c(n(C(=O)OCC)c3ccccc23)O1. The monoisotopic (exact) mass is 405 g/mol. The molecule has 1 aliphatic rings. The molecule has 0 aliphatic carbocycles. The van der Waals surface area contributed by atoms with Gasteiger partial charge in [-0.2, -0.15) is 0 Å². The zero-order valence-corrected chi connectivity index (χ0v) is 17.0. The van der Waals surface area contributed by atoms with E-state index in [0.717, 1.165) is 16.5 Å². The molecule has 0 radical (unpaired) electrons. The van der Waals surface area contributed by atoms with Crippen LogP contribution in [0.1, 0.15) is 37.3 Å². The molecule has 154 valence electrons. The predicted molar refractivity (Wildman–Crippen MR) is 113 cm³/mol. The lowest BCUT2D eigenvalue weighted by Crippen LogP contribution is -2.20. The van der Waals surface area contributed by atoms with Gasteiger partial charge in [-0.05, 0) is 25.5 Å². The summed E-state index contributed by atoms with van der Waals surface area (Å²) in [5.74, 6) is 0.270. The van der Waals surface area contributed by atoms with Crippen LogP contribution in [0.5, 0.6) is 5.88 Å². The summed E-state index contributed by atoms with van der Waals surface area (Å²) in [6.45, 7) is 4.03. The molecule has 1 aliphatic heterocycles. The van der Waals surface area contributed by atoms with Crippen LogP contribution in [-0.2, 0) is 14.3 Å². The van der Waals surface area contributed by atoms with E-state index in [9.17, 15) is 9.59 Å². The Bertz CT molecular complexity index is 1110. The van der Waals surface area contributed by atoms with Crippen molar-refractivity contribution in [3.05, 3.63) is 77.6 Å². The molecule has 0 unspecified atom stereocenters. The Morgan fingerprint density at radius 1 is 1.03 bits per heavy atom. The van der Waals surface area contributed by atoms with Gasteiger partial charge in [0.1, 0.15) is 5.76 Å². The molecule has 0 N–H and O–H groups in total. The average Bonchev–Trinajstić information content (AvgIpc) is 3.08. The van der Waals surface area contributed by atoms with Gasteiger partial charge in [0.15, 0.2) is 0 Å². The second-order valence-electron chi connectivity index (χ2n) is 6.90. The van der Waals surface area contributed by atoms with Crippen LogP contribution in [0.2, 0.25) is 0 Å². The largest absolute Gasteiger partial charge is 0.463 e. The van der Waals surface area contributed by atoms with Gasteiger partial charge in [-0.25, -0.2) is 14.2 Å². The molecule has 2 aromatic carbocycles. The Morgan fingerprint density at radius 2 is 1.73 bits per heavy atom. The van der Waals surface area contributed by atoms with Crippen molar-refractivity contribution in [2.45, 2.75) is 26.2 Å². The highest BCUT2D eigenvalue weighted by atomic mass is 16.6. The number of para-hydroxylation sites is 1. The van der Waals surface area contributed by atoms with E-state index < -0.39 is 12.1 Å². The Morgan fingerprint density at radius 3 is 2.47 bits per heavy atom. The summed E-state index contributed by atoms with van der Waals surface area (Å²) in [6.07, 6.45) is 1.32. The quantitative estimate of drug-likeness (QED) is 0.451. The molecular formula is C24H23NO5. The number of benzene rings is 2. The van der Waals surface area contributed by atoms with E-state index in [2.05, 4.69) is 0 Å². The molecule has 6 heteroatoms. The van der Waals surface area contributed by atoms with Gasteiger partial charge in [0.2, 0.25) is 5.88 Å². The minimum absolute atomic E-state index is 0.0868. The number of hydrogen-bond donors (Lipinski definition) is 0. The first-order valence-electron chi connectivity index (χ1n) is 10.0.